The lowest BCUT2D eigenvalue weighted by molar-refractivity contribution is 0.431. The van der Waals surface area contributed by atoms with Crippen LogP contribution in [0.25, 0.3) is 0 Å². The minimum absolute atomic E-state index is 0.0159. The first-order chi connectivity index (χ1) is 8.77. The summed E-state index contributed by atoms with van der Waals surface area (Å²) in [5.74, 6) is -0.565. The topological polar surface area (TPSA) is 57.9 Å². The molecular formula is C14H18FNO2S. The third-order valence-corrected chi connectivity index (χ3v) is 4.72. The zero-order valence-corrected chi connectivity index (χ0v) is 12.0. The van der Waals surface area contributed by atoms with Gasteiger partial charge in [0.05, 0.1) is 22.1 Å². The van der Waals surface area contributed by atoms with Gasteiger partial charge in [0, 0.05) is 0 Å². The van der Waals surface area contributed by atoms with Gasteiger partial charge < -0.3 is 0 Å². The van der Waals surface area contributed by atoms with Crippen molar-refractivity contribution in [1.29, 1.82) is 5.26 Å². The molecule has 1 aromatic rings. The van der Waals surface area contributed by atoms with Crippen LogP contribution >= 0.6 is 0 Å². The lowest BCUT2D eigenvalue weighted by Gasteiger charge is -2.14. The van der Waals surface area contributed by atoms with Crippen LogP contribution in [0.15, 0.2) is 29.2 Å². The molecule has 0 amide bonds. The summed E-state index contributed by atoms with van der Waals surface area (Å²) in [6.45, 7) is 3.65. The van der Waals surface area contributed by atoms with Crippen LogP contribution in [0.2, 0.25) is 0 Å². The van der Waals surface area contributed by atoms with Crippen molar-refractivity contribution in [3.05, 3.63) is 30.1 Å². The lowest BCUT2D eigenvalue weighted by atomic mass is 9.89. The molecule has 0 aliphatic rings. The van der Waals surface area contributed by atoms with E-state index in [0.29, 0.717) is 19.3 Å². The molecule has 0 unspecified atom stereocenters. The van der Waals surface area contributed by atoms with Crippen molar-refractivity contribution in [1.82, 2.24) is 0 Å². The predicted octanol–water partition coefficient (Wildman–Crippen LogP) is 3.32. The Balaban J connectivity index is 2.56. The van der Waals surface area contributed by atoms with Gasteiger partial charge in [-0.15, -0.1) is 0 Å². The van der Waals surface area contributed by atoms with Crippen molar-refractivity contribution in [3.63, 3.8) is 0 Å². The van der Waals surface area contributed by atoms with E-state index in [0.717, 1.165) is 6.07 Å². The van der Waals surface area contributed by atoms with Crippen LogP contribution in [0.4, 0.5) is 4.39 Å². The van der Waals surface area contributed by atoms with Crippen LogP contribution in [-0.2, 0) is 9.84 Å². The fourth-order valence-electron chi connectivity index (χ4n) is 1.69. The van der Waals surface area contributed by atoms with Crippen LogP contribution in [0, 0.1) is 22.6 Å². The Morgan fingerprint density at radius 1 is 1.32 bits per heavy atom. The van der Waals surface area contributed by atoms with Gasteiger partial charge in [0.15, 0.2) is 9.84 Å². The Morgan fingerprint density at radius 2 is 2.00 bits per heavy atom. The molecule has 0 N–H and O–H groups in total. The molecule has 3 nitrogen and oxygen atoms in total. The van der Waals surface area contributed by atoms with E-state index < -0.39 is 21.1 Å². The Labute approximate surface area is 114 Å². The van der Waals surface area contributed by atoms with Gasteiger partial charge in [-0.1, -0.05) is 12.5 Å². The normalized spacial score (nSPS) is 12.1. The van der Waals surface area contributed by atoms with Crippen molar-refractivity contribution in [2.75, 3.05) is 5.75 Å². The molecule has 5 heteroatoms. The van der Waals surface area contributed by atoms with E-state index in [2.05, 4.69) is 6.07 Å². The smallest absolute Gasteiger partial charge is 0.178 e. The van der Waals surface area contributed by atoms with Gasteiger partial charge in [-0.3, -0.25) is 0 Å². The largest absolute Gasteiger partial charge is 0.224 e. The molecule has 0 spiro atoms. The maximum absolute atomic E-state index is 13.0. The molecule has 1 rings (SSSR count). The van der Waals surface area contributed by atoms with Crippen molar-refractivity contribution in [3.8, 4) is 6.07 Å². The number of hydrogen-bond acceptors (Lipinski definition) is 3. The predicted molar refractivity (Wildman–Crippen MR) is 71.7 cm³/mol. The highest BCUT2D eigenvalue weighted by Gasteiger charge is 2.18. The number of benzene rings is 1. The lowest BCUT2D eigenvalue weighted by Crippen LogP contribution is -2.10. The summed E-state index contributed by atoms with van der Waals surface area (Å²) in [7, 11) is -3.43. The molecule has 0 aromatic heterocycles. The monoisotopic (exact) mass is 283 g/mol. The molecule has 19 heavy (non-hydrogen) atoms. The van der Waals surface area contributed by atoms with Crippen molar-refractivity contribution in [2.24, 2.45) is 5.41 Å². The maximum atomic E-state index is 13.0. The van der Waals surface area contributed by atoms with E-state index in [1.165, 1.54) is 18.2 Å². The molecule has 0 fully saturated rings. The highest BCUT2D eigenvalue weighted by atomic mass is 32.2. The minimum atomic E-state index is -3.43. The number of unbranched alkanes of at least 4 members (excludes halogenated alkanes) is 1. The van der Waals surface area contributed by atoms with Gasteiger partial charge in [-0.05, 0) is 44.9 Å². The summed E-state index contributed by atoms with van der Waals surface area (Å²) in [4.78, 5) is 0.0204. The molecule has 1 aromatic carbocycles. The zero-order valence-electron chi connectivity index (χ0n) is 11.2. The Morgan fingerprint density at radius 3 is 2.58 bits per heavy atom. The second-order valence-corrected chi connectivity index (χ2v) is 7.34. The molecule has 104 valence electrons. The third-order valence-electron chi connectivity index (χ3n) is 2.92. The fourth-order valence-corrected chi connectivity index (χ4v) is 3.09. The number of sulfone groups is 1. The molecule has 0 bridgehead atoms. The molecule has 0 saturated carbocycles. The maximum Gasteiger partial charge on any atom is 0.178 e. The van der Waals surface area contributed by atoms with Crippen LogP contribution in [0.3, 0.4) is 0 Å². The quantitative estimate of drug-likeness (QED) is 0.752. The van der Waals surface area contributed by atoms with E-state index >= 15 is 0 Å². The second kappa shape index (κ2) is 6.16. The van der Waals surface area contributed by atoms with E-state index in [9.17, 15) is 12.8 Å². The Hall–Kier alpha value is -1.41. The molecule has 0 radical (unpaired) electrons. The fraction of sp³-hybridized carbons (Fsp3) is 0.500. The van der Waals surface area contributed by atoms with Gasteiger partial charge in [-0.2, -0.15) is 5.26 Å². The molecule has 0 aliphatic carbocycles. The number of hydrogen-bond donors (Lipinski definition) is 0. The van der Waals surface area contributed by atoms with E-state index in [4.69, 9.17) is 5.26 Å². The summed E-state index contributed by atoms with van der Waals surface area (Å²) in [5, 5.41) is 8.85. The molecule has 0 atom stereocenters. The van der Waals surface area contributed by atoms with Gasteiger partial charge in [-0.25, -0.2) is 12.8 Å². The summed E-state index contributed by atoms with van der Waals surface area (Å²) in [6.07, 6.45) is 1.79. The summed E-state index contributed by atoms with van der Waals surface area (Å²) in [6, 6.07) is 7.22. The molecule has 0 heterocycles. The minimum Gasteiger partial charge on any atom is -0.224 e. The van der Waals surface area contributed by atoms with Crippen LogP contribution < -0.4 is 0 Å². The number of nitrogens with zero attached hydrogens (tertiary/aromatic N) is 1. The zero-order chi connectivity index (χ0) is 14.5. The van der Waals surface area contributed by atoms with E-state index in [1.54, 1.807) is 0 Å². The summed E-state index contributed by atoms with van der Waals surface area (Å²) >= 11 is 0. The van der Waals surface area contributed by atoms with Crippen molar-refractivity contribution < 1.29 is 12.8 Å². The van der Waals surface area contributed by atoms with Gasteiger partial charge in [0.25, 0.3) is 0 Å². The molecule has 0 saturated heterocycles. The average molecular weight is 283 g/mol. The average Bonchev–Trinajstić information content (AvgIpc) is 2.35. The molecule has 0 aliphatic heterocycles. The third kappa shape index (κ3) is 4.99. The van der Waals surface area contributed by atoms with Crippen LogP contribution in [0.1, 0.15) is 33.1 Å². The summed E-state index contributed by atoms with van der Waals surface area (Å²) < 4.78 is 36.9. The highest BCUT2D eigenvalue weighted by Crippen LogP contribution is 2.22. The summed E-state index contributed by atoms with van der Waals surface area (Å²) in [5.41, 5.74) is -0.428. The Bertz CT molecular complexity index is 573. The van der Waals surface area contributed by atoms with Crippen LogP contribution in [-0.4, -0.2) is 14.2 Å². The first-order valence-electron chi connectivity index (χ1n) is 6.16. The SMILES string of the molecule is CC(C)(C#N)CCCCS(=O)(=O)c1cccc(F)c1. The van der Waals surface area contributed by atoms with E-state index in [1.807, 2.05) is 13.8 Å². The first-order valence-corrected chi connectivity index (χ1v) is 7.82. The van der Waals surface area contributed by atoms with Gasteiger partial charge in [0.2, 0.25) is 0 Å². The van der Waals surface area contributed by atoms with Gasteiger partial charge in [0.1, 0.15) is 5.82 Å². The molecular weight excluding hydrogens is 265 g/mol. The number of nitriles is 1. The standard InChI is InChI=1S/C14H18FNO2S/c1-14(2,11-16)8-3-4-9-19(17,18)13-7-5-6-12(15)10-13/h5-7,10H,3-4,8-9H2,1-2H3. The number of rotatable bonds is 6. The van der Waals surface area contributed by atoms with Crippen molar-refractivity contribution >= 4 is 9.84 Å². The van der Waals surface area contributed by atoms with E-state index in [-0.39, 0.29) is 10.6 Å². The van der Waals surface area contributed by atoms with Gasteiger partial charge >= 0.3 is 0 Å². The Kier molecular flexibility index (Phi) is 5.07. The highest BCUT2D eigenvalue weighted by molar-refractivity contribution is 7.91. The second-order valence-electron chi connectivity index (χ2n) is 5.23. The number of halogens is 1. The van der Waals surface area contributed by atoms with Crippen LogP contribution in [0.5, 0.6) is 0 Å². The van der Waals surface area contributed by atoms with Crippen molar-refractivity contribution in [2.45, 2.75) is 38.0 Å². The first kappa shape index (κ1) is 15.6.